The molecule has 0 spiro atoms. The molecule has 1 aromatic carbocycles. The molecule has 0 radical (unpaired) electrons. The Balaban J connectivity index is 1.52. The van der Waals surface area contributed by atoms with Crippen LogP contribution in [0.15, 0.2) is 27.4 Å². The molecule has 2 saturated heterocycles. The van der Waals surface area contributed by atoms with Crippen LogP contribution in [0.5, 0.6) is 0 Å². The number of carbonyl (C=O) groups excluding carboxylic acids is 1. The predicted molar refractivity (Wildman–Crippen MR) is 89.3 cm³/mol. The van der Waals surface area contributed by atoms with E-state index in [1.807, 2.05) is 4.90 Å². The van der Waals surface area contributed by atoms with Crippen molar-refractivity contribution in [1.82, 2.24) is 9.47 Å². The van der Waals surface area contributed by atoms with Crippen LogP contribution in [0.1, 0.15) is 31.7 Å². The number of ether oxygens (including phenoxy) is 1. The van der Waals surface area contributed by atoms with Crippen molar-refractivity contribution in [2.24, 2.45) is 0 Å². The number of rotatable bonds is 2. The van der Waals surface area contributed by atoms with Gasteiger partial charge in [0.1, 0.15) is 6.10 Å². The second-order valence-corrected chi connectivity index (χ2v) is 6.84. The lowest BCUT2D eigenvalue weighted by atomic mass is 10.0. The molecule has 1 aromatic heterocycles. The zero-order valence-electron chi connectivity index (χ0n) is 13.2. The van der Waals surface area contributed by atoms with Crippen LogP contribution in [0.2, 0.25) is 5.02 Å². The van der Waals surface area contributed by atoms with Crippen molar-refractivity contribution in [2.75, 3.05) is 19.7 Å². The first-order valence-electron chi connectivity index (χ1n) is 8.34. The lowest BCUT2D eigenvalue weighted by Crippen LogP contribution is -2.44. The molecule has 7 heteroatoms. The highest BCUT2D eigenvalue weighted by Gasteiger charge is 2.32. The summed E-state index contributed by atoms with van der Waals surface area (Å²) in [7, 11) is 0. The molecular weight excluding hydrogens is 332 g/mol. The van der Waals surface area contributed by atoms with Crippen molar-refractivity contribution in [1.29, 1.82) is 0 Å². The Labute approximate surface area is 143 Å². The summed E-state index contributed by atoms with van der Waals surface area (Å²) in [6, 6.07) is 5.20. The molecule has 6 nitrogen and oxygen atoms in total. The number of fused-ring (bicyclic) bond motifs is 1. The Kier molecular flexibility index (Phi) is 4.10. The second-order valence-electron chi connectivity index (χ2n) is 6.41. The van der Waals surface area contributed by atoms with E-state index in [9.17, 15) is 9.59 Å². The fourth-order valence-electron chi connectivity index (χ4n) is 3.67. The minimum absolute atomic E-state index is 0.0192. The number of benzene rings is 1. The van der Waals surface area contributed by atoms with Gasteiger partial charge in [-0.05, 0) is 43.9 Å². The molecule has 2 aliphatic heterocycles. The van der Waals surface area contributed by atoms with Gasteiger partial charge < -0.3 is 14.1 Å². The van der Waals surface area contributed by atoms with Gasteiger partial charge in [-0.1, -0.05) is 11.6 Å². The molecule has 3 heterocycles. The largest absolute Gasteiger partial charge is 0.420 e. The van der Waals surface area contributed by atoms with Gasteiger partial charge in [-0.3, -0.25) is 9.36 Å². The van der Waals surface area contributed by atoms with E-state index < -0.39 is 0 Å². The first kappa shape index (κ1) is 15.7. The predicted octanol–water partition coefficient (Wildman–Crippen LogP) is 2.59. The molecule has 0 unspecified atom stereocenters. The molecule has 24 heavy (non-hydrogen) atoms. The zero-order chi connectivity index (χ0) is 16.7. The molecule has 0 aliphatic carbocycles. The van der Waals surface area contributed by atoms with E-state index in [4.69, 9.17) is 20.8 Å². The van der Waals surface area contributed by atoms with Gasteiger partial charge in [0.05, 0.1) is 5.52 Å². The summed E-state index contributed by atoms with van der Waals surface area (Å²) in [5.74, 6) is -0.283. The van der Waals surface area contributed by atoms with Crippen LogP contribution in [0, 0.1) is 0 Å². The summed E-state index contributed by atoms with van der Waals surface area (Å²) < 4.78 is 12.5. The van der Waals surface area contributed by atoms with Gasteiger partial charge in [0.15, 0.2) is 5.58 Å². The fourth-order valence-corrected chi connectivity index (χ4v) is 3.84. The smallest absolute Gasteiger partial charge is 0.408 e. The minimum atomic E-state index is -0.365. The van der Waals surface area contributed by atoms with Crippen LogP contribution < -0.4 is 5.76 Å². The summed E-state index contributed by atoms with van der Waals surface area (Å²) in [6.45, 7) is 1.93. The molecule has 2 fully saturated rings. The van der Waals surface area contributed by atoms with E-state index in [0.29, 0.717) is 30.3 Å². The lowest BCUT2D eigenvalue weighted by Gasteiger charge is -2.33. The number of likely N-dealkylation sites (tertiary alicyclic amines) is 1. The molecular formula is C17H19ClN2O4. The maximum Gasteiger partial charge on any atom is 0.420 e. The number of hydrogen-bond acceptors (Lipinski definition) is 4. The maximum atomic E-state index is 12.4. The van der Waals surface area contributed by atoms with Crippen molar-refractivity contribution in [3.8, 4) is 0 Å². The zero-order valence-corrected chi connectivity index (χ0v) is 14.0. The van der Waals surface area contributed by atoms with Gasteiger partial charge >= 0.3 is 5.76 Å². The van der Waals surface area contributed by atoms with Crippen LogP contribution in [0.3, 0.4) is 0 Å². The first-order chi connectivity index (χ1) is 11.6. The van der Waals surface area contributed by atoms with Gasteiger partial charge in [-0.25, -0.2) is 4.79 Å². The molecule has 2 aromatic rings. The summed E-state index contributed by atoms with van der Waals surface area (Å²) >= 11 is 6.05. The third-order valence-electron chi connectivity index (χ3n) is 4.92. The van der Waals surface area contributed by atoms with Gasteiger partial charge in [0.2, 0.25) is 0 Å². The number of amides is 1. The number of aromatic nitrogens is 1. The van der Waals surface area contributed by atoms with E-state index in [2.05, 4.69) is 0 Å². The quantitative estimate of drug-likeness (QED) is 0.835. The van der Waals surface area contributed by atoms with Crippen molar-refractivity contribution in [2.45, 2.75) is 37.8 Å². The summed E-state index contributed by atoms with van der Waals surface area (Å²) in [6.07, 6.45) is 2.92. The highest BCUT2D eigenvalue weighted by atomic mass is 35.5. The average molecular weight is 351 g/mol. The van der Waals surface area contributed by atoms with E-state index >= 15 is 0 Å². The van der Waals surface area contributed by atoms with Gasteiger partial charge in [-0.15, -0.1) is 0 Å². The average Bonchev–Trinajstić information content (AvgIpc) is 3.21. The second kappa shape index (κ2) is 6.26. The topological polar surface area (TPSA) is 64.7 Å². The Morgan fingerprint density at radius 3 is 2.71 bits per heavy atom. The molecule has 1 atom stereocenters. The maximum absolute atomic E-state index is 12.4. The van der Waals surface area contributed by atoms with Gasteiger partial charge in [0.25, 0.3) is 5.91 Å². The monoisotopic (exact) mass is 350 g/mol. The van der Waals surface area contributed by atoms with Crippen LogP contribution in [-0.2, 0) is 9.53 Å². The third kappa shape index (κ3) is 2.74. The number of halogens is 1. The number of hydrogen-bond donors (Lipinski definition) is 0. The normalized spacial score (nSPS) is 22.4. The molecule has 2 aliphatic rings. The lowest BCUT2D eigenvalue weighted by molar-refractivity contribution is -0.142. The van der Waals surface area contributed by atoms with Crippen molar-refractivity contribution >= 4 is 28.6 Å². The Bertz CT molecular complexity index is 814. The third-order valence-corrected chi connectivity index (χ3v) is 5.16. The van der Waals surface area contributed by atoms with E-state index in [1.54, 1.807) is 22.8 Å². The molecule has 1 amide bonds. The first-order valence-corrected chi connectivity index (χ1v) is 8.72. The van der Waals surface area contributed by atoms with Crippen LogP contribution in [0.4, 0.5) is 0 Å². The summed E-state index contributed by atoms with van der Waals surface area (Å²) in [4.78, 5) is 26.5. The Morgan fingerprint density at radius 1 is 1.21 bits per heavy atom. The molecule has 0 N–H and O–H groups in total. The Hall–Kier alpha value is -1.79. The van der Waals surface area contributed by atoms with E-state index in [0.717, 1.165) is 31.2 Å². The number of piperidine rings is 1. The highest BCUT2D eigenvalue weighted by molar-refractivity contribution is 6.31. The van der Waals surface area contributed by atoms with Crippen LogP contribution >= 0.6 is 11.6 Å². The Morgan fingerprint density at radius 2 is 2.00 bits per heavy atom. The van der Waals surface area contributed by atoms with Gasteiger partial charge in [0, 0.05) is 30.8 Å². The van der Waals surface area contributed by atoms with Crippen molar-refractivity contribution in [3.05, 3.63) is 33.8 Å². The number of carbonyl (C=O) groups is 1. The summed E-state index contributed by atoms with van der Waals surface area (Å²) in [5, 5.41) is 0.572. The molecule has 128 valence electrons. The molecule has 4 rings (SSSR count). The SMILES string of the molecule is O=C([C@@H]1CCCO1)N1CCC(n2c(=O)oc3ccc(Cl)cc32)CC1. The standard InChI is InChI=1S/C17H19ClN2O4/c18-11-3-4-14-13(10-11)20(17(22)24-14)12-5-7-19(8-6-12)16(21)15-2-1-9-23-15/h3-4,10,12,15H,1-2,5-9H2/t15-/m0/s1. The van der Waals surface area contributed by atoms with Gasteiger partial charge in [-0.2, -0.15) is 0 Å². The van der Waals surface area contributed by atoms with E-state index in [-0.39, 0.29) is 23.8 Å². The fraction of sp³-hybridized carbons (Fsp3) is 0.529. The van der Waals surface area contributed by atoms with Crippen molar-refractivity contribution < 1.29 is 13.9 Å². The number of nitrogens with zero attached hydrogens (tertiary/aromatic N) is 2. The van der Waals surface area contributed by atoms with Crippen LogP contribution in [0.25, 0.3) is 11.1 Å². The van der Waals surface area contributed by atoms with E-state index in [1.165, 1.54) is 0 Å². The highest BCUT2D eigenvalue weighted by Crippen LogP contribution is 2.28. The minimum Gasteiger partial charge on any atom is -0.408 e. The van der Waals surface area contributed by atoms with Crippen molar-refractivity contribution in [3.63, 3.8) is 0 Å². The molecule has 0 saturated carbocycles. The van der Waals surface area contributed by atoms with Crippen LogP contribution in [-0.4, -0.2) is 41.2 Å². The molecule has 0 bridgehead atoms. The number of oxazole rings is 1. The summed E-state index contributed by atoms with van der Waals surface area (Å²) in [5.41, 5.74) is 1.26.